The maximum atomic E-state index is 5.33. The molecule has 0 rings (SSSR count). The van der Waals surface area contributed by atoms with E-state index in [1.807, 2.05) is 7.11 Å². The third kappa shape index (κ3) is 3.01. The molecule has 0 aromatic carbocycles. The number of ether oxygens (including phenoxy) is 1. The average molecular weight is 146 g/mol. The molecule has 1 atom stereocenters. The van der Waals surface area contributed by atoms with Crippen molar-refractivity contribution < 1.29 is 4.74 Å². The first-order chi connectivity index (χ1) is 4.02. The first-order valence-electron chi connectivity index (χ1n) is 3.55. The summed E-state index contributed by atoms with van der Waals surface area (Å²) in [6, 6.07) is 0. The van der Waals surface area contributed by atoms with E-state index in [2.05, 4.69) is 26.6 Å². The number of hydrogen-bond acceptors (Lipinski definition) is 1. The molecule has 0 N–H and O–H groups in total. The highest BCUT2D eigenvalue weighted by atomic mass is 28.3. The van der Waals surface area contributed by atoms with E-state index in [0.717, 1.165) is 6.42 Å². The van der Waals surface area contributed by atoms with Crippen molar-refractivity contribution >= 4 is 8.07 Å². The van der Waals surface area contributed by atoms with Crippen molar-refractivity contribution in [2.45, 2.75) is 38.7 Å². The second-order valence-corrected chi connectivity index (χ2v) is 8.87. The lowest BCUT2D eigenvalue weighted by Gasteiger charge is -2.25. The minimum Gasteiger partial charge on any atom is -0.385 e. The van der Waals surface area contributed by atoms with E-state index in [9.17, 15) is 0 Å². The number of hydrogen-bond donors (Lipinski definition) is 0. The number of methoxy groups -OCH3 is 1. The van der Waals surface area contributed by atoms with Gasteiger partial charge in [0.2, 0.25) is 0 Å². The van der Waals surface area contributed by atoms with Gasteiger partial charge in [0.15, 0.2) is 0 Å². The Morgan fingerprint density at radius 2 is 1.78 bits per heavy atom. The van der Waals surface area contributed by atoms with E-state index in [0.29, 0.717) is 5.73 Å². The monoisotopic (exact) mass is 146 g/mol. The van der Waals surface area contributed by atoms with Crippen LogP contribution in [0.1, 0.15) is 13.3 Å². The van der Waals surface area contributed by atoms with Crippen LogP contribution in [0.4, 0.5) is 0 Å². The summed E-state index contributed by atoms with van der Waals surface area (Å²) in [4.78, 5) is 0. The second kappa shape index (κ2) is 3.37. The highest BCUT2D eigenvalue weighted by molar-refractivity contribution is 6.77. The Morgan fingerprint density at radius 3 is 1.78 bits per heavy atom. The van der Waals surface area contributed by atoms with E-state index in [4.69, 9.17) is 4.74 Å². The molecule has 0 saturated heterocycles. The lowest BCUT2D eigenvalue weighted by atomic mass is 10.5. The molecule has 1 unspecified atom stereocenters. The Bertz CT molecular complexity index is 71.5. The van der Waals surface area contributed by atoms with Gasteiger partial charge in [-0.2, -0.15) is 0 Å². The zero-order chi connectivity index (χ0) is 7.49. The van der Waals surface area contributed by atoms with Crippen LogP contribution in [0.5, 0.6) is 0 Å². The van der Waals surface area contributed by atoms with Gasteiger partial charge in [0, 0.05) is 12.8 Å². The van der Waals surface area contributed by atoms with E-state index in [1.54, 1.807) is 0 Å². The third-order valence-electron chi connectivity index (χ3n) is 1.62. The summed E-state index contributed by atoms with van der Waals surface area (Å²) in [5.41, 5.74) is 0.539. The van der Waals surface area contributed by atoms with Gasteiger partial charge in [0.1, 0.15) is 0 Å². The summed E-state index contributed by atoms with van der Waals surface area (Å²) in [6.45, 7) is 9.20. The van der Waals surface area contributed by atoms with E-state index in [1.165, 1.54) is 0 Å². The molecule has 0 radical (unpaired) electrons. The molecule has 0 heterocycles. The predicted octanol–water partition coefficient (Wildman–Crippen LogP) is 2.29. The van der Waals surface area contributed by atoms with Crippen LogP contribution in [0.3, 0.4) is 0 Å². The van der Waals surface area contributed by atoms with Crippen molar-refractivity contribution in [3.63, 3.8) is 0 Å². The molecule has 9 heavy (non-hydrogen) atoms. The third-order valence-corrected chi connectivity index (χ3v) is 4.20. The van der Waals surface area contributed by atoms with Crippen LogP contribution in [-0.4, -0.2) is 20.9 Å². The van der Waals surface area contributed by atoms with Crippen molar-refractivity contribution in [2.24, 2.45) is 0 Å². The molecule has 2 heteroatoms. The molecule has 0 saturated carbocycles. The number of rotatable bonds is 3. The highest BCUT2D eigenvalue weighted by Gasteiger charge is 2.24. The maximum Gasteiger partial charge on any atom is 0.0784 e. The fraction of sp³-hybridized carbons (Fsp3) is 1.00. The van der Waals surface area contributed by atoms with Crippen molar-refractivity contribution in [3.05, 3.63) is 0 Å². The van der Waals surface area contributed by atoms with Crippen molar-refractivity contribution in [2.75, 3.05) is 7.11 Å². The Kier molecular flexibility index (Phi) is 3.44. The van der Waals surface area contributed by atoms with Crippen LogP contribution in [0.15, 0.2) is 0 Å². The summed E-state index contributed by atoms with van der Waals surface area (Å²) in [5, 5.41) is 0. The lowest BCUT2D eigenvalue weighted by Crippen LogP contribution is -2.38. The van der Waals surface area contributed by atoms with Crippen molar-refractivity contribution in [1.82, 2.24) is 0 Å². The Hall–Kier alpha value is 0.177. The van der Waals surface area contributed by atoms with Gasteiger partial charge in [-0.25, -0.2) is 0 Å². The van der Waals surface area contributed by atoms with Gasteiger partial charge in [-0.3, -0.25) is 0 Å². The largest absolute Gasteiger partial charge is 0.385 e. The van der Waals surface area contributed by atoms with Crippen molar-refractivity contribution in [1.29, 1.82) is 0 Å². The van der Waals surface area contributed by atoms with Gasteiger partial charge >= 0.3 is 0 Å². The fourth-order valence-corrected chi connectivity index (χ4v) is 3.06. The summed E-state index contributed by atoms with van der Waals surface area (Å²) < 4.78 is 5.33. The zero-order valence-corrected chi connectivity index (χ0v) is 8.19. The Labute approximate surface area is 59.4 Å². The minimum atomic E-state index is -1.01. The molecule has 0 aromatic rings. The first-order valence-corrected chi connectivity index (χ1v) is 7.13. The van der Waals surface area contributed by atoms with Gasteiger partial charge in [-0.05, 0) is 6.42 Å². The van der Waals surface area contributed by atoms with Crippen LogP contribution in [-0.2, 0) is 4.74 Å². The van der Waals surface area contributed by atoms with Crippen LogP contribution in [0, 0.1) is 0 Å². The predicted molar refractivity (Wildman–Crippen MR) is 44.4 cm³/mol. The lowest BCUT2D eigenvalue weighted by molar-refractivity contribution is 0.155. The molecule has 56 valence electrons. The van der Waals surface area contributed by atoms with E-state index >= 15 is 0 Å². The molecular formula is C7H18OSi. The van der Waals surface area contributed by atoms with Gasteiger partial charge < -0.3 is 4.74 Å². The van der Waals surface area contributed by atoms with Gasteiger partial charge in [-0.15, -0.1) is 0 Å². The molecule has 0 aromatic heterocycles. The van der Waals surface area contributed by atoms with Gasteiger partial charge in [0.25, 0.3) is 0 Å². The van der Waals surface area contributed by atoms with E-state index < -0.39 is 8.07 Å². The smallest absolute Gasteiger partial charge is 0.0784 e. The Balaban J connectivity index is 3.79. The zero-order valence-electron chi connectivity index (χ0n) is 7.19. The van der Waals surface area contributed by atoms with Gasteiger partial charge in [0.05, 0.1) is 8.07 Å². The average Bonchev–Trinajstić information content (AvgIpc) is 1.65. The van der Waals surface area contributed by atoms with Crippen LogP contribution in [0.2, 0.25) is 19.6 Å². The summed E-state index contributed by atoms with van der Waals surface area (Å²) in [5.74, 6) is 0. The molecule has 0 aliphatic heterocycles. The standard InChI is InChI=1S/C7H18OSi/c1-6-7(8-2)9(3,4)5/h7H,6H2,1-5H3. The molecule has 0 spiro atoms. The molecule has 0 aliphatic carbocycles. The first kappa shape index (κ1) is 9.18. The molecule has 0 amide bonds. The Morgan fingerprint density at radius 1 is 1.33 bits per heavy atom. The normalized spacial score (nSPS) is 15.7. The summed E-state index contributed by atoms with van der Waals surface area (Å²) in [7, 11) is 0.803. The minimum absolute atomic E-state index is 0.539. The second-order valence-electron chi connectivity index (χ2n) is 3.50. The SMILES string of the molecule is CCC(OC)[Si](C)(C)C. The highest BCUT2D eigenvalue weighted by Crippen LogP contribution is 2.13. The van der Waals surface area contributed by atoms with Crippen LogP contribution >= 0.6 is 0 Å². The summed E-state index contributed by atoms with van der Waals surface area (Å²) in [6.07, 6.45) is 1.16. The topological polar surface area (TPSA) is 9.23 Å². The molecule has 1 nitrogen and oxygen atoms in total. The van der Waals surface area contributed by atoms with Crippen LogP contribution < -0.4 is 0 Å². The summed E-state index contributed by atoms with van der Waals surface area (Å²) >= 11 is 0. The van der Waals surface area contributed by atoms with Gasteiger partial charge in [-0.1, -0.05) is 26.6 Å². The quantitative estimate of drug-likeness (QED) is 0.555. The molecular weight excluding hydrogens is 128 g/mol. The molecule has 0 aliphatic rings. The maximum absolute atomic E-state index is 5.33. The molecule has 0 bridgehead atoms. The fourth-order valence-electron chi connectivity index (χ4n) is 1.13. The van der Waals surface area contributed by atoms with Crippen LogP contribution in [0.25, 0.3) is 0 Å². The van der Waals surface area contributed by atoms with E-state index in [-0.39, 0.29) is 0 Å². The van der Waals surface area contributed by atoms with Crippen molar-refractivity contribution in [3.8, 4) is 0 Å². The molecule has 0 fully saturated rings.